The third kappa shape index (κ3) is 3.60. The first kappa shape index (κ1) is 20.5. The van der Waals surface area contributed by atoms with E-state index in [0.29, 0.717) is 0 Å². The van der Waals surface area contributed by atoms with E-state index in [-0.39, 0.29) is 12.1 Å². The van der Waals surface area contributed by atoms with Crippen LogP contribution in [0, 0.1) is 20.8 Å². The van der Waals surface area contributed by atoms with Crippen LogP contribution in [0.4, 0.5) is 0 Å². The molecule has 1 fully saturated rings. The molecular formula is C24H29N5S. The third-order valence-corrected chi connectivity index (χ3v) is 6.29. The van der Waals surface area contributed by atoms with Gasteiger partial charge in [0.05, 0.1) is 17.8 Å². The number of aromatic nitrogens is 3. The Labute approximate surface area is 184 Å². The average Bonchev–Trinajstić information content (AvgIpc) is 3.23. The van der Waals surface area contributed by atoms with E-state index in [9.17, 15) is 0 Å². The molecule has 6 heteroatoms. The van der Waals surface area contributed by atoms with Crippen molar-refractivity contribution in [2.45, 2.75) is 52.6 Å². The van der Waals surface area contributed by atoms with Gasteiger partial charge in [-0.15, -0.1) is 0 Å². The molecule has 156 valence electrons. The third-order valence-electron chi connectivity index (χ3n) is 5.93. The summed E-state index contributed by atoms with van der Waals surface area (Å²) in [6, 6.07) is 12.6. The van der Waals surface area contributed by atoms with E-state index in [2.05, 4.69) is 70.6 Å². The van der Waals surface area contributed by atoms with Gasteiger partial charge in [-0.2, -0.15) is 0 Å². The molecule has 0 bridgehead atoms. The Morgan fingerprint density at radius 3 is 2.57 bits per heavy atom. The molecule has 4 rings (SSSR count). The van der Waals surface area contributed by atoms with E-state index in [1.165, 1.54) is 17.0 Å². The zero-order valence-electron chi connectivity index (χ0n) is 18.1. The van der Waals surface area contributed by atoms with Crippen LogP contribution in [0.3, 0.4) is 0 Å². The second-order valence-electron chi connectivity index (χ2n) is 7.98. The van der Waals surface area contributed by atoms with Gasteiger partial charge >= 0.3 is 0 Å². The van der Waals surface area contributed by atoms with E-state index in [0.717, 1.165) is 41.6 Å². The number of nitrogens with zero attached hydrogens (tertiary/aromatic N) is 4. The molecule has 4 heterocycles. The topological polar surface area (TPSA) is 46.0 Å². The second kappa shape index (κ2) is 8.56. The maximum atomic E-state index is 5.77. The van der Waals surface area contributed by atoms with Crippen molar-refractivity contribution in [1.29, 1.82) is 0 Å². The van der Waals surface area contributed by atoms with Crippen LogP contribution in [0.5, 0.6) is 0 Å². The molecule has 0 amide bonds. The zero-order chi connectivity index (χ0) is 21.3. The van der Waals surface area contributed by atoms with Gasteiger partial charge in [0, 0.05) is 30.3 Å². The van der Waals surface area contributed by atoms with Gasteiger partial charge in [0.2, 0.25) is 0 Å². The molecule has 5 nitrogen and oxygen atoms in total. The van der Waals surface area contributed by atoms with Crippen LogP contribution in [0.25, 0.3) is 5.82 Å². The fourth-order valence-electron chi connectivity index (χ4n) is 4.44. The maximum absolute atomic E-state index is 5.77. The number of aryl methyl sites for hydroxylation is 2. The monoisotopic (exact) mass is 419 g/mol. The number of rotatable bonds is 6. The molecule has 0 aromatic carbocycles. The average molecular weight is 420 g/mol. The molecule has 0 saturated carbocycles. The molecule has 30 heavy (non-hydrogen) atoms. The van der Waals surface area contributed by atoms with Crippen LogP contribution in [-0.4, -0.2) is 31.1 Å². The SMILES string of the molecule is CCCCN1C(=S)N[C@H](c2ccccn2)[C@@H]1c1cc(C)n(-c2ncccc2C)c1C. The Bertz CT molecular complexity index is 1040. The molecule has 3 aromatic rings. The van der Waals surface area contributed by atoms with Gasteiger partial charge in [0.15, 0.2) is 5.11 Å². The van der Waals surface area contributed by atoms with Gasteiger partial charge in [0.25, 0.3) is 0 Å². The van der Waals surface area contributed by atoms with Crippen LogP contribution in [-0.2, 0) is 0 Å². The second-order valence-corrected chi connectivity index (χ2v) is 8.37. The maximum Gasteiger partial charge on any atom is 0.170 e. The Hall–Kier alpha value is -2.73. The lowest BCUT2D eigenvalue weighted by Crippen LogP contribution is -2.30. The van der Waals surface area contributed by atoms with Crippen molar-refractivity contribution in [2.24, 2.45) is 0 Å². The summed E-state index contributed by atoms with van der Waals surface area (Å²) in [6.07, 6.45) is 5.95. The van der Waals surface area contributed by atoms with Crippen molar-refractivity contribution in [3.8, 4) is 5.82 Å². The highest BCUT2D eigenvalue weighted by molar-refractivity contribution is 7.80. The minimum absolute atomic E-state index is 0.0225. The largest absolute Gasteiger partial charge is 0.352 e. The number of hydrogen-bond donors (Lipinski definition) is 1. The summed E-state index contributed by atoms with van der Waals surface area (Å²) in [6.45, 7) is 9.59. The normalized spacial score (nSPS) is 18.7. The van der Waals surface area contributed by atoms with Crippen molar-refractivity contribution in [3.63, 3.8) is 0 Å². The molecule has 1 saturated heterocycles. The summed E-state index contributed by atoms with van der Waals surface area (Å²) < 4.78 is 2.26. The number of unbranched alkanes of at least 4 members (excludes halogenated alkanes) is 1. The highest BCUT2D eigenvalue weighted by Gasteiger charge is 2.41. The van der Waals surface area contributed by atoms with E-state index >= 15 is 0 Å². The van der Waals surface area contributed by atoms with Crippen molar-refractivity contribution in [3.05, 3.63) is 77.0 Å². The summed E-state index contributed by atoms with van der Waals surface area (Å²) in [5.74, 6) is 0.988. The molecule has 1 aliphatic rings. The minimum atomic E-state index is 0.0225. The minimum Gasteiger partial charge on any atom is -0.352 e. The number of hydrogen-bond acceptors (Lipinski definition) is 3. The van der Waals surface area contributed by atoms with Crippen LogP contribution in [0.2, 0.25) is 0 Å². The Kier molecular flexibility index (Phi) is 5.86. The predicted molar refractivity (Wildman–Crippen MR) is 125 cm³/mol. The van der Waals surface area contributed by atoms with E-state index in [1.54, 1.807) is 0 Å². The molecular weight excluding hydrogens is 390 g/mol. The first-order valence-corrected chi connectivity index (χ1v) is 11.0. The smallest absolute Gasteiger partial charge is 0.170 e. The highest BCUT2D eigenvalue weighted by atomic mass is 32.1. The number of nitrogens with one attached hydrogen (secondary N) is 1. The van der Waals surface area contributed by atoms with Gasteiger partial charge in [0.1, 0.15) is 5.82 Å². The first-order valence-electron chi connectivity index (χ1n) is 10.6. The quantitative estimate of drug-likeness (QED) is 0.572. The summed E-state index contributed by atoms with van der Waals surface area (Å²) in [4.78, 5) is 11.7. The van der Waals surface area contributed by atoms with Crippen molar-refractivity contribution >= 4 is 17.3 Å². The lowest BCUT2D eigenvalue weighted by Gasteiger charge is -2.28. The first-order chi connectivity index (χ1) is 14.5. The van der Waals surface area contributed by atoms with Gasteiger partial charge in [-0.05, 0) is 74.8 Å². The van der Waals surface area contributed by atoms with Gasteiger partial charge in [-0.1, -0.05) is 25.5 Å². The fourth-order valence-corrected chi connectivity index (χ4v) is 4.77. The van der Waals surface area contributed by atoms with E-state index < -0.39 is 0 Å². The predicted octanol–water partition coefficient (Wildman–Crippen LogP) is 4.97. The van der Waals surface area contributed by atoms with Crippen LogP contribution < -0.4 is 5.32 Å². The Morgan fingerprint density at radius 2 is 1.87 bits per heavy atom. The van der Waals surface area contributed by atoms with Crippen molar-refractivity contribution < 1.29 is 0 Å². The molecule has 0 spiro atoms. The highest BCUT2D eigenvalue weighted by Crippen LogP contribution is 2.41. The van der Waals surface area contributed by atoms with E-state index in [4.69, 9.17) is 12.2 Å². The lowest BCUT2D eigenvalue weighted by atomic mass is 9.96. The van der Waals surface area contributed by atoms with Crippen LogP contribution in [0.1, 0.15) is 60.1 Å². The summed E-state index contributed by atoms with van der Waals surface area (Å²) in [7, 11) is 0. The molecule has 0 radical (unpaired) electrons. The van der Waals surface area contributed by atoms with Gasteiger partial charge in [-0.25, -0.2) is 4.98 Å². The lowest BCUT2D eigenvalue weighted by molar-refractivity contribution is 0.312. The molecule has 2 atom stereocenters. The zero-order valence-corrected chi connectivity index (χ0v) is 18.9. The molecule has 3 aromatic heterocycles. The van der Waals surface area contributed by atoms with Gasteiger partial charge in [-0.3, -0.25) is 4.98 Å². The Balaban J connectivity index is 1.83. The number of pyridine rings is 2. The summed E-state index contributed by atoms with van der Waals surface area (Å²) in [5.41, 5.74) is 5.83. The Morgan fingerprint density at radius 1 is 1.07 bits per heavy atom. The van der Waals surface area contributed by atoms with Crippen LogP contribution in [0.15, 0.2) is 48.8 Å². The molecule has 1 N–H and O–H groups in total. The van der Waals surface area contributed by atoms with Crippen LogP contribution >= 0.6 is 12.2 Å². The van der Waals surface area contributed by atoms with Crippen molar-refractivity contribution in [1.82, 2.24) is 24.8 Å². The molecule has 0 unspecified atom stereocenters. The van der Waals surface area contributed by atoms with E-state index in [1.807, 2.05) is 30.6 Å². The summed E-state index contributed by atoms with van der Waals surface area (Å²) in [5, 5.41) is 4.36. The van der Waals surface area contributed by atoms with Crippen molar-refractivity contribution in [2.75, 3.05) is 6.54 Å². The summed E-state index contributed by atoms with van der Waals surface area (Å²) >= 11 is 5.77. The molecule has 1 aliphatic heterocycles. The molecule has 0 aliphatic carbocycles. The standard InChI is InChI=1S/C24H29N5S/c1-5-6-14-28-22(21(27-24(28)30)20-11-7-8-12-25-20)19-15-17(3)29(18(19)4)23-16(2)10-9-13-26-23/h7-13,15,21-22H,5-6,14H2,1-4H3,(H,27,30)/t21-,22+/m1/s1. The number of thiocarbonyl (C=S) groups is 1. The van der Waals surface area contributed by atoms with Gasteiger partial charge < -0.3 is 14.8 Å². The fraction of sp³-hybridized carbons (Fsp3) is 0.375.